The fourth-order valence-corrected chi connectivity index (χ4v) is 2.44. The van der Waals surface area contributed by atoms with Gasteiger partial charge in [0.25, 0.3) is 0 Å². The van der Waals surface area contributed by atoms with E-state index in [0.717, 1.165) is 45.6 Å². The molecule has 15 heavy (non-hydrogen) atoms. The minimum atomic E-state index is -0.282. The van der Waals surface area contributed by atoms with Crippen molar-refractivity contribution < 1.29 is 4.79 Å². The molecule has 0 radical (unpaired) electrons. The van der Waals surface area contributed by atoms with E-state index in [1.165, 1.54) is 0 Å². The number of nitrogens with zero attached hydrogens (tertiary/aromatic N) is 2. The van der Waals surface area contributed by atoms with Crippen LogP contribution in [0.5, 0.6) is 0 Å². The molecule has 4 nitrogen and oxygen atoms in total. The van der Waals surface area contributed by atoms with Gasteiger partial charge in [-0.15, -0.1) is 0 Å². The number of hydrogen-bond acceptors (Lipinski definition) is 3. The highest BCUT2D eigenvalue weighted by Crippen LogP contribution is 2.21. The van der Waals surface area contributed by atoms with Gasteiger partial charge in [-0.3, -0.25) is 4.79 Å². The molecule has 1 atom stereocenters. The standard InChI is InChI=1S/C11H21N3O/c1-11(4-3-5-12-11)10(15)14-8-6-13(2)7-9-14/h12H,3-9H2,1-2H3. The SMILES string of the molecule is CN1CCN(C(=O)C2(C)CCCN2)CC1. The quantitative estimate of drug-likeness (QED) is 0.658. The summed E-state index contributed by atoms with van der Waals surface area (Å²) < 4.78 is 0. The molecule has 2 fully saturated rings. The molecule has 4 heteroatoms. The predicted molar refractivity (Wildman–Crippen MR) is 59.7 cm³/mol. The summed E-state index contributed by atoms with van der Waals surface area (Å²) >= 11 is 0. The average molecular weight is 211 g/mol. The molecule has 2 aliphatic rings. The summed E-state index contributed by atoms with van der Waals surface area (Å²) in [5.41, 5.74) is -0.282. The number of nitrogens with one attached hydrogen (secondary N) is 1. The third kappa shape index (κ3) is 2.16. The third-order valence-electron chi connectivity index (χ3n) is 3.63. The zero-order valence-electron chi connectivity index (χ0n) is 9.75. The Morgan fingerprint density at radius 2 is 1.93 bits per heavy atom. The number of piperazine rings is 1. The maximum atomic E-state index is 12.3. The minimum absolute atomic E-state index is 0.282. The van der Waals surface area contributed by atoms with Gasteiger partial charge in [0.2, 0.25) is 5.91 Å². The molecule has 0 bridgehead atoms. The van der Waals surface area contributed by atoms with Crippen LogP contribution in [0.1, 0.15) is 19.8 Å². The molecular weight excluding hydrogens is 190 g/mol. The number of rotatable bonds is 1. The average Bonchev–Trinajstić information content (AvgIpc) is 2.67. The Morgan fingerprint density at radius 3 is 2.47 bits per heavy atom. The molecule has 0 aromatic rings. The van der Waals surface area contributed by atoms with Crippen molar-refractivity contribution in [1.29, 1.82) is 0 Å². The molecular formula is C11H21N3O. The number of hydrogen-bond donors (Lipinski definition) is 1. The van der Waals surface area contributed by atoms with Crippen molar-refractivity contribution in [3.8, 4) is 0 Å². The van der Waals surface area contributed by atoms with Crippen LogP contribution in [-0.2, 0) is 4.79 Å². The van der Waals surface area contributed by atoms with E-state index in [-0.39, 0.29) is 5.54 Å². The van der Waals surface area contributed by atoms with E-state index in [1.807, 2.05) is 11.8 Å². The summed E-state index contributed by atoms with van der Waals surface area (Å²) in [4.78, 5) is 16.6. The van der Waals surface area contributed by atoms with E-state index < -0.39 is 0 Å². The molecule has 0 aromatic heterocycles. The molecule has 0 aliphatic carbocycles. The number of carbonyl (C=O) groups is 1. The van der Waals surface area contributed by atoms with Crippen molar-refractivity contribution in [2.75, 3.05) is 39.8 Å². The van der Waals surface area contributed by atoms with Gasteiger partial charge in [0.05, 0.1) is 5.54 Å². The van der Waals surface area contributed by atoms with Crippen LogP contribution in [0.4, 0.5) is 0 Å². The molecule has 2 rings (SSSR count). The second-order valence-corrected chi connectivity index (χ2v) is 4.96. The molecule has 2 saturated heterocycles. The Kier molecular flexibility index (Phi) is 2.98. The maximum Gasteiger partial charge on any atom is 0.242 e. The first kappa shape index (κ1) is 10.9. The number of likely N-dealkylation sites (N-methyl/N-ethyl adjacent to an activating group) is 1. The number of carbonyl (C=O) groups excluding carboxylic acids is 1. The predicted octanol–water partition coefficient (Wildman–Crippen LogP) is -0.0975. The largest absolute Gasteiger partial charge is 0.339 e. The van der Waals surface area contributed by atoms with E-state index in [4.69, 9.17) is 0 Å². The van der Waals surface area contributed by atoms with E-state index in [1.54, 1.807) is 0 Å². The second-order valence-electron chi connectivity index (χ2n) is 4.96. The van der Waals surface area contributed by atoms with Crippen molar-refractivity contribution in [3.63, 3.8) is 0 Å². The smallest absolute Gasteiger partial charge is 0.242 e. The zero-order chi connectivity index (χ0) is 10.9. The highest BCUT2D eigenvalue weighted by molar-refractivity contribution is 5.86. The van der Waals surface area contributed by atoms with Crippen LogP contribution < -0.4 is 5.32 Å². The van der Waals surface area contributed by atoms with Crippen molar-refractivity contribution in [3.05, 3.63) is 0 Å². The van der Waals surface area contributed by atoms with Crippen LogP contribution in [-0.4, -0.2) is 61.0 Å². The lowest BCUT2D eigenvalue weighted by molar-refractivity contribution is -0.138. The van der Waals surface area contributed by atoms with Gasteiger partial charge < -0.3 is 15.1 Å². The van der Waals surface area contributed by atoms with Crippen LogP contribution in [0.3, 0.4) is 0 Å². The summed E-state index contributed by atoms with van der Waals surface area (Å²) in [7, 11) is 2.11. The molecule has 1 unspecified atom stereocenters. The summed E-state index contributed by atoms with van der Waals surface area (Å²) in [6, 6.07) is 0. The van der Waals surface area contributed by atoms with Gasteiger partial charge in [0, 0.05) is 26.2 Å². The van der Waals surface area contributed by atoms with Crippen LogP contribution in [0, 0.1) is 0 Å². The third-order valence-corrected chi connectivity index (χ3v) is 3.63. The highest BCUT2D eigenvalue weighted by Gasteiger charge is 2.39. The summed E-state index contributed by atoms with van der Waals surface area (Å²) in [5, 5.41) is 3.34. The van der Waals surface area contributed by atoms with Gasteiger partial charge in [0.1, 0.15) is 0 Å². The van der Waals surface area contributed by atoms with Crippen LogP contribution in [0.2, 0.25) is 0 Å². The van der Waals surface area contributed by atoms with E-state index in [2.05, 4.69) is 17.3 Å². The first-order valence-electron chi connectivity index (χ1n) is 5.85. The van der Waals surface area contributed by atoms with Gasteiger partial charge in [-0.2, -0.15) is 0 Å². The van der Waals surface area contributed by atoms with Crippen molar-refractivity contribution in [2.45, 2.75) is 25.3 Å². The molecule has 0 spiro atoms. The monoisotopic (exact) mass is 211 g/mol. The van der Waals surface area contributed by atoms with Crippen molar-refractivity contribution >= 4 is 5.91 Å². The van der Waals surface area contributed by atoms with Crippen LogP contribution >= 0.6 is 0 Å². The van der Waals surface area contributed by atoms with Gasteiger partial charge in [0.15, 0.2) is 0 Å². The van der Waals surface area contributed by atoms with Crippen LogP contribution in [0.15, 0.2) is 0 Å². The summed E-state index contributed by atoms with van der Waals surface area (Å²) in [6.45, 7) is 6.79. The molecule has 2 heterocycles. The number of amides is 1. The van der Waals surface area contributed by atoms with Gasteiger partial charge >= 0.3 is 0 Å². The lowest BCUT2D eigenvalue weighted by atomic mass is 9.98. The molecule has 0 aromatic carbocycles. The molecule has 86 valence electrons. The zero-order valence-corrected chi connectivity index (χ0v) is 9.75. The topological polar surface area (TPSA) is 35.6 Å². The Balaban J connectivity index is 1.95. The summed E-state index contributed by atoms with van der Waals surface area (Å²) in [5.74, 6) is 0.299. The first-order valence-corrected chi connectivity index (χ1v) is 5.85. The Bertz CT molecular complexity index is 240. The van der Waals surface area contributed by atoms with Crippen LogP contribution in [0.25, 0.3) is 0 Å². The minimum Gasteiger partial charge on any atom is -0.339 e. The van der Waals surface area contributed by atoms with Crippen molar-refractivity contribution in [1.82, 2.24) is 15.1 Å². The highest BCUT2D eigenvalue weighted by atomic mass is 16.2. The Hall–Kier alpha value is -0.610. The Labute approximate surface area is 91.6 Å². The first-order chi connectivity index (χ1) is 7.12. The molecule has 2 aliphatic heterocycles. The van der Waals surface area contributed by atoms with Gasteiger partial charge in [-0.1, -0.05) is 0 Å². The van der Waals surface area contributed by atoms with Crippen molar-refractivity contribution in [2.24, 2.45) is 0 Å². The van der Waals surface area contributed by atoms with E-state index in [0.29, 0.717) is 5.91 Å². The van der Waals surface area contributed by atoms with E-state index >= 15 is 0 Å². The fraction of sp³-hybridized carbons (Fsp3) is 0.909. The van der Waals surface area contributed by atoms with Gasteiger partial charge in [-0.05, 0) is 33.4 Å². The molecule has 1 amide bonds. The molecule has 0 saturated carbocycles. The lowest BCUT2D eigenvalue weighted by Gasteiger charge is -2.37. The van der Waals surface area contributed by atoms with Gasteiger partial charge in [-0.25, -0.2) is 0 Å². The second kappa shape index (κ2) is 4.10. The molecule has 1 N–H and O–H groups in total. The lowest BCUT2D eigenvalue weighted by Crippen LogP contribution is -2.57. The Morgan fingerprint density at radius 1 is 1.27 bits per heavy atom. The summed E-state index contributed by atoms with van der Waals surface area (Å²) in [6.07, 6.45) is 2.11. The normalized spacial score (nSPS) is 33.3. The maximum absolute atomic E-state index is 12.3. The van der Waals surface area contributed by atoms with E-state index in [9.17, 15) is 4.79 Å². The fourth-order valence-electron chi connectivity index (χ4n) is 2.44.